The number of nitrogens with zero attached hydrogens (tertiary/aromatic N) is 5. The normalized spacial score (nSPS) is 14.7. The summed E-state index contributed by atoms with van der Waals surface area (Å²) in [6, 6.07) is 17.2. The lowest BCUT2D eigenvalue weighted by Gasteiger charge is -2.20. The second kappa shape index (κ2) is 11.5. The molecule has 194 valence electrons. The lowest BCUT2D eigenvalue weighted by Crippen LogP contribution is -2.28. The molecule has 2 aromatic carbocycles. The minimum Gasteiger partial charge on any atom is -0.396 e. The van der Waals surface area contributed by atoms with E-state index < -0.39 is 0 Å². The van der Waals surface area contributed by atoms with Gasteiger partial charge in [0.1, 0.15) is 0 Å². The van der Waals surface area contributed by atoms with Crippen LogP contribution < -0.4 is 11.1 Å². The zero-order valence-corrected chi connectivity index (χ0v) is 21.9. The minimum atomic E-state index is -0.209. The van der Waals surface area contributed by atoms with Crippen molar-refractivity contribution in [2.45, 2.75) is 19.9 Å². The molecular formula is C30H33N7O. The number of anilines is 2. The Hall–Kier alpha value is -4.14. The van der Waals surface area contributed by atoms with Crippen LogP contribution in [0.15, 0.2) is 73.2 Å². The van der Waals surface area contributed by atoms with Gasteiger partial charge in [0, 0.05) is 54.9 Å². The largest absolute Gasteiger partial charge is 0.396 e. The first-order chi connectivity index (χ1) is 18.5. The molecule has 38 heavy (non-hydrogen) atoms. The molecule has 8 nitrogen and oxygen atoms in total. The maximum Gasteiger partial charge on any atom is 0.255 e. The number of carbonyl (C=O) groups is 1. The van der Waals surface area contributed by atoms with Crippen LogP contribution >= 0.6 is 0 Å². The summed E-state index contributed by atoms with van der Waals surface area (Å²) < 4.78 is 0. The van der Waals surface area contributed by atoms with Crippen LogP contribution in [0, 0.1) is 6.92 Å². The summed E-state index contributed by atoms with van der Waals surface area (Å²) in [5.41, 5.74) is 12.6. The molecule has 1 saturated heterocycles. The van der Waals surface area contributed by atoms with Crippen molar-refractivity contribution in [2.24, 2.45) is 0 Å². The van der Waals surface area contributed by atoms with Crippen molar-refractivity contribution in [3.63, 3.8) is 0 Å². The van der Waals surface area contributed by atoms with Gasteiger partial charge in [-0.25, -0.2) is 9.97 Å². The Bertz CT molecular complexity index is 1410. The van der Waals surface area contributed by atoms with Gasteiger partial charge in [-0.1, -0.05) is 18.2 Å². The maximum absolute atomic E-state index is 13.1. The number of likely N-dealkylation sites (N-methyl/N-ethyl adjacent to an activating group) is 1. The molecule has 0 saturated carbocycles. The van der Waals surface area contributed by atoms with E-state index in [0.717, 1.165) is 49.5 Å². The van der Waals surface area contributed by atoms with Gasteiger partial charge in [0.15, 0.2) is 5.82 Å². The number of carbonyl (C=O) groups excluding carboxylic acids is 1. The van der Waals surface area contributed by atoms with Crippen molar-refractivity contribution in [1.82, 2.24) is 24.8 Å². The molecule has 4 aromatic rings. The SMILES string of the molecule is Cc1ccc(NC(=O)c2ccc(CN3CCCN(C)CC3)cc2)c(N)c1-c1nccc(-c2cccnc2)n1. The van der Waals surface area contributed by atoms with Crippen LogP contribution in [-0.4, -0.2) is 63.9 Å². The van der Waals surface area contributed by atoms with Gasteiger partial charge in [-0.05, 0) is 81.0 Å². The molecule has 0 unspecified atom stereocenters. The van der Waals surface area contributed by atoms with Crippen molar-refractivity contribution in [3.05, 3.63) is 89.9 Å². The molecule has 0 spiro atoms. The van der Waals surface area contributed by atoms with Crippen molar-refractivity contribution in [1.29, 1.82) is 0 Å². The summed E-state index contributed by atoms with van der Waals surface area (Å²) in [7, 11) is 2.17. The number of nitrogen functional groups attached to an aromatic ring is 1. The summed E-state index contributed by atoms with van der Waals surface area (Å²) in [5, 5.41) is 2.98. The Morgan fingerprint density at radius 2 is 1.84 bits per heavy atom. The van der Waals surface area contributed by atoms with E-state index in [9.17, 15) is 4.79 Å². The predicted molar refractivity (Wildman–Crippen MR) is 152 cm³/mol. The molecule has 5 rings (SSSR count). The number of pyridine rings is 1. The molecule has 0 atom stereocenters. The highest BCUT2D eigenvalue weighted by Crippen LogP contribution is 2.34. The number of benzene rings is 2. The van der Waals surface area contributed by atoms with Gasteiger partial charge in [0.25, 0.3) is 5.91 Å². The average molecular weight is 508 g/mol. The van der Waals surface area contributed by atoms with Crippen molar-refractivity contribution in [2.75, 3.05) is 44.3 Å². The fourth-order valence-electron chi connectivity index (χ4n) is 4.76. The van der Waals surface area contributed by atoms with Gasteiger partial charge in [-0.15, -0.1) is 0 Å². The molecule has 0 radical (unpaired) electrons. The molecular weight excluding hydrogens is 474 g/mol. The van der Waals surface area contributed by atoms with Crippen molar-refractivity contribution < 1.29 is 4.79 Å². The van der Waals surface area contributed by atoms with Gasteiger partial charge < -0.3 is 16.0 Å². The maximum atomic E-state index is 13.1. The number of amides is 1. The van der Waals surface area contributed by atoms with Gasteiger partial charge in [-0.3, -0.25) is 14.7 Å². The number of nitrogens with two attached hydrogens (primary N) is 1. The molecule has 2 aromatic heterocycles. The third kappa shape index (κ3) is 5.88. The Labute approximate surface area is 223 Å². The first-order valence-electron chi connectivity index (χ1n) is 12.9. The van der Waals surface area contributed by atoms with E-state index in [0.29, 0.717) is 28.3 Å². The van der Waals surface area contributed by atoms with Gasteiger partial charge in [0.2, 0.25) is 0 Å². The third-order valence-electron chi connectivity index (χ3n) is 6.97. The van der Waals surface area contributed by atoms with Gasteiger partial charge in [0.05, 0.1) is 17.1 Å². The number of aryl methyl sites for hydroxylation is 1. The van der Waals surface area contributed by atoms with Gasteiger partial charge >= 0.3 is 0 Å². The molecule has 3 heterocycles. The van der Waals surface area contributed by atoms with Crippen LogP contribution in [0.4, 0.5) is 11.4 Å². The van der Waals surface area contributed by atoms with E-state index in [1.165, 1.54) is 12.0 Å². The van der Waals surface area contributed by atoms with Gasteiger partial charge in [-0.2, -0.15) is 0 Å². The zero-order valence-electron chi connectivity index (χ0n) is 21.9. The highest BCUT2D eigenvalue weighted by Gasteiger charge is 2.17. The number of aromatic nitrogens is 3. The summed E-state index contributed by atoms with van der Waals surface area (Å²) in [5.74, 6) is 0.293. The molecule has 1 aliphatic rings. The van der Waals surface area contributed by atoms with Crippen LogP contribution in [0.1, 0.15) is 27.9 Å². The summed E-state index contributed by atoms with van der Waals surface area (Å²) in [4.78, 5) is 31.3. The Kier molecular flexibility index (Phi) is 7.72. The molecule has 1 fully saturated rings. The Morgan fingerprint density at radius 3 is 2.63 bits per heavy atom. The topological polar surface area (TPSA) is 100 Å². The van der Waals surface area contributed by atoms with E-state index in [4.69, 9.17) is 10.7 Å². The molecule has 3 N–H and O–H groups in total. The first-order valence-corrected chi connectivity index (χ1v) is 12.9. The van der Waals surface area contributed by atoms with Crippen LogP contribution in [0.3, 0.4) is 0 Å². The average Bonchev–Trinajstić information content (AvgIpc) is 3.15. The molecule has 1 amide bonds. The quantitative estimate of drug-likeness (QED) is 0.371. The predicted octanol–water partition coefficient (Wildman–Crippen LogP) is 4.49. The zero-order chi connectivity index (χ0) is 26.5. The van der Waals surface area contributed by atoms with E-state index in [2.05, 4.69) is 32.1 Å². The number of hydrogen-bond acceptors (Lipinski definition) is 7. The fraction of sp³-hybridized carbons (Fsp3) is 0.267. The smallest absolute Gasteiger partial charge is 0.255 e. The summed E-state index contributed by atoms with van der Waals surface area (Å²) in [6.07, 6.45) is 6.37. The second-order valence-electron chi connectivity index (χ2n) is 9.81. The molecule has 1 aliphatic heterocycles. The number of nitrogens with one attached hydrogen (secondary N) is 1. The Balaban J connectivity index is 1.32. The molecule has 0 aliphatic carbocycles. The van der Waals surface area contributed by atoms with Crippen LogP contribution in [-0.2, 0) is 6.54 Å². The number of rotatable bonds is 6. The molecule has 8 heteroatoms. The third-order valence-corrected chi connectivity index (χ3v) is 6.97. The Morgan fingerprint density at radius 1 is 1.00 bits per heavy atom. The summed E-state index contributed by atoms with van der Waals surface area (Å²) >= 11 is 0. The van der Waals surface area contributed by atoms with E-state index in [-0.39, 0.29) is 5.91 Å². The van der Waals surface area contributed by atoms with E-state index in [1.807, 2.05) is 61.5 Å². The lowest BCUT2D eigenvalue weighted by molar-refractivity contribution is 0.102. The van der Waals surface area contributed by atoms with Crippen molar-refractivity contribution >= 4 is 17.3 Å². The summed E-state index contributed by atoms with van der Waals surface area (Å²) in [6.45, 7) is 7.22. The highest BCUT2D eigenvalue weighted by molar-refractivity contribution is 6.07. The minimum absolute atomic E-state index is 0.209. The van der Waals surface area contributed by atoms with Crippen LogP contribution in [0.25, 0.3) is 22.6 Å². The second-order valence-corrected chi connectivity index (χ2v) is 9.81. The van der Waals surface area contributed by atoms with E-state index in [1.54, 1.807) is 18.6 Å². The van der Waals surface area contributed by atoms with E-state index >= 15 is 0 Å². The fourth-order valence-corrected chi connectivity index (χ4v) is 4.76. The number of hydrogen-bond donors (Lipinski definition) is 2. The molecule has 0 bridgehead atoms. The lowest BCUT2D eigenvalue weighted by atomic mass is 10.0. The monoisotopic (exact) mass is 507 g/mol. The first kappa shape index (κ1) is 25.5. The van der Waals surface area contributed by atoms with Crippen LogP contribution in [0.5, 0.6) is 0 Å². The standard InChI is InChI=1S/C30H33N7O/c1-21-6-11-26(28(31)27(21)29-33-14-12-25(34-29)24-5-3-13-32-19-24)35-30(38)23-9-7-22(8-10-23)20-37-16-4-15-36(2)17-18-37/h3,5-14,19H,4,15-18,20,31H2,1-2H3,(H,35,38). The van der Waals surface area contributed by atoms with Crippen molar-refractivity contribution in [3.8, 4) is 22.6 Å². The highest BCUT2D eigenvalue weighted by atomic mass is 16.1. The van der Waals surface area contributed by atoms with Crippen LogP contribution in [0.2, 0.25) is 0 Å².